The zero-order valence-corrected chi connectivity index (χ0v) is 7.34. The molecule has 0 aromatic rings. The van der Waals surface area contributed by atoms with Crippen LogP contribution in [0.1, 0.15) is 26.2 Å². The maximum Gasteiger partial charge on any atom is 0.416 e. The second-order valence-electron chi connectivity index (χ2n) is 3.24. The van der Waals surface area contributed by atoms with Gasteiger partial charge in [-0.15, -0.1) is 0 Å². The molecule has 14 heavy (non-hydrogen) atoms. The van der Waals surface area contributed by atoms with E-state index in [1.165, 1.54) is 0 Å². The van der Waals surface area contributed by atoms with Crippen LogP contribution < -0.4 is 0 Å². The van der Waals surface area contributed by atoms with E-state index in [0.29, 0.717) is 6.92 Å². The van der Waals surface area contributed by atoms with Crippen molar-refractivity contribution in [3.8, 4) is 0 Å². The molecule has 0 aliphatic rings. The van der Waals surface area contributed by atoms with Crippen molar-refractivity contribution in [1.82, 2.24) is 0 Å². The molecule has 0 radical (unpaired) electrons. The largest absolute Gasteiger partial charge is 0.416 e. The van der Waals surface area contributed by atoms with Crippen LogP contribution in [0.2, 0.25) is 0 Å². The maximum atomic E-state index is 11.9. The van der Waals surface area contributed by atoms with E-state index < -0.39 is 37.2 Å². The van der Waals surface area contributed by atoms with E-state index in [0.717, 1.165) is 0 Å². The van der Waals surface area contributed by atoms with Gasteiger partial charge in [-0.1, -0.05) is 0 Å². The lowest BCUT2D eigenvalue weighted by molar-refractivity contribution is -0.256. The Kier molecular flexibility index (Phi) is 3.83. The first-order valence-electron chi connectivity index (χ1n) is 3.81. The minimum atomic E-state index is -4.89. The minimum Gasteiger partial charge on any atom is -0.381 e. The van der Waals surface area contributed by atoms with E-state index in [2.05, 4.69) is 0 Å². The SMILES string of the molecule is CC(O)(CCCC(F)(F)F)C(F)(F)F. The fourth-order valence-corrected chi connectivity index (χ4v) is 0.775. The molecule has 0 aliphatic carbocycles. The molecule has 0 amide bonds. The van der Waals surface area contributed by atoms with Gasteiger partial charge in [-0.2, -0.15) is 26.3 Å². The average molecular weight is 224 g/mol. The molecule has 1 atom stereocenters. The highest BCUT2D eigenvalue weighted by atomic mass is 19.4. The molecule has 0 aromatic carbocycles. The Morgan fingerprint density at radius 2 is 1.36 bits per heavy atom. The van der Waals surface area contributed by atoms with Gasteiger partial charge in [0.2, 0.25) is 0 Å². The number of rotatable bonds is 3. The van der Waals surface area contributed by atoms with Crippen molar-refractivity contribution < 1.29 is 31.4 Å². The highest BCUT2D eigenvalue weighted by molar-refractivity contribution is 4.81. The molecule has 1 unspecified atom stereocenters. The average Bonchev–Trinajstić information content (AvgIpc) is 1.80. The first kappa shape index (κ1) is 13.5. The van der Waals surface area contributed by atoms with E-state index in [1.54, 1.807) is 0 Å². The molecule has 1 nitrogen and oxygen atoms in total. The van der Waals surface area contributed by atoms with Gasteiger partial charge < -0.3 is 5.11 Å². The van der Waals surface area contributed by atoms with Crippen LogP contribution in [0.3, 0.4) is 0 Å². The van der Waals surface area contributed by atoms with E-state index in [4.69, 9.17) is 5.11 Å². The summed E-state index contributed by atoms with van der Waals surface area (Å²) in [5, 5.41) is 8.76. The molecule has 86 valence electrons. The smallest absolute Gasteiger partial charge is 0.381 e. The van der Waals surface area contributed by atoms with Crippen molar-refractivity contribution >= 4 is 0 Å². The lowest BCUT2D eigenvalue weighted by atomic mass is 9.98. The number of hydrogen-bond acceptors (Lipinski definition) is 1. The topological polar surface area (TPSA) is 20.2 Å². The third-order valence-corrected chi connectivity index (χ3v) is 1.73. The second-order valence-corrected chi connectivity index (χ2v) is 3.24. The van der Waals surface area contributed by atoms with Crippen molar-refractivity contribution in [3.63, 3.8) is 0 Å². The predicted molar refractivity (Wildman–Crippen MR) is 36.6 cm³/mol. The Balaban J connectivity index is 4.02. The van der Waals surface area contributed by atoms with Gasteiger partial charge in [0.05, 0.1) is 0 Å². The molecule has 0 bridgehead atoms. The third-order valence-electron chi connectivity index (χ3n) is 1.73. The Hall–Kier alpha value is -0.460. The van der Waals surface area contributed by atoms with E-state index in [9.17, 15) is 26.3 Å². The molecular formula is C7H10F6O. The van der Waals surface area contributed by atoms with Gasteiger partial charge in [-0.3, -0.25) is 0 Å². The molecular weight excluding hydrogens is 214 g/mol. The van der Waals surface area contributed by atoms with Gasteiger partial charge in [0.15, 0.2) is 5.60 Å². The van der Waals surface area contributed by atoms with Crippen LogP contribution in [0.25, 0.3) is 0 Å². The molecule has 0 aromatic heterocycles. The zero-order valence-electron chi connectivity index (χ0n) is 7.34. The molecule has 0 heterocycles. The lowest BCUT2D eigenvalue weighted by Gasteiger charge is -2.26. The highest BCUT2D eigenvalue weighted by Gasteiger charge is 2.49. The Morgan fingerprint density at radius 1 is 0.929 bits per heavy atom. The van der Waals surface area contributed by atoms with E-state index in [-0.39, 0.29) is 0 Å². The predicted octanol–water partition coefficient (Wildman–Crippen LogP) is 3.03. The van der Waals surface area contributed by atoms with Gasteiger partial charge >= 0.3 is 12.4 Å². The summed E-state index contributed by atoms with van der Waals surface area (Å²) in [7, 11) is 0. The van der Waals surface area contributed by atoms with Crippen LogP contribution in [0.4, 0.5) is 26.3 Å². The molecule has 0 rings (SSSR count). The van der Waals surface area contributed by atoms with Gasteiger partial charge in [-0.25, -0.2) is 0 Å². The van der Waals surface area contributed by atoms with Crippen molar-refractivity contribution in [2.24, 2.45) is 0 Å². The van der Waals surface area contributed by atoms with Crippen LogP contribution >= 0.6 is 0 Å². The fraction of sp³-hybridized carbons (Fsp3) is 1.00. The molecule has 0 spiro atoms. The summed E-state index contributed by atoms with van der Waals surface area (Å²) < 4.78 is 70.5. The van der Waals surface area contributed by atoms with Crippen molar-refractivity contribution in [3.05, 3.63) is 0 Å². The molecule has 0 fully saturated rings. The summed E-state index contributed by atoms with van der Waals surface area (Å²) in [4.78, 5) is 0. The van der Waals surface area contributed by atoms with Crippen molar-refractivity contribution in [2.45, 2.75) is 44.1 Å². The summed E-state index contributed by atoms with van der Waals surface area (Å²) in [6.45, 7) is 0.462. The summed E-state index contributed by atoms with van der Waals surface area (Å²) >= 11 is 0. The Bertz CT molecular complexity index is 180. The van der Waals surface area contributed by atoms with Crippen LogP contribution in [-0.4, -0.2) is 23.1 Å². The van der Waals surface area contributed by atoms with E-state index >= 15 is 0 Å². The third kappa shape index (κ3) is 4.69. The number of hydrogen-bond donors (Lipinski definition) is 1. The highest BCUT2D eigenvalue weighted by Crippen LogP contribution is 2.35. The molecule has 7 heteroatoms. The Morgan fingerprint density at radius 3 is 1.64 bits per heavy atom. The molecule has 1 N–H and O–H groups in total. The van der Waals surface area contributed by atoms with Gasteiger partial charge in [-0.05, 0) is 19.8 Å². The molecule has 0 saturated heterocycles. The zero-order chi connectivity index (χ0) is 11.6. The quantitative estimate of drug-likeness (QED) is 0.730. The summed E-state index contributed by atoms with van der Waals surface area (Å²) in [6, 6.07) is 0. The summed E-state index contributed by atoms with van der Waals surface area (Å²) in [6.07, 6.45) is -12.4. The number of aliphatic hydroxyl groups is 1. The number of alkyl halides is 6. The number of halogens is 6. The molecule has 0 saturated carbocycles. The Labute approximate surface area is 76.7 Å². The van der Waals surface area contributed by atoms with Gasteiger partial charge in [0.1, 0.15) is 0 Å². The minimum absolute atomic E-state index is 0.462. The van der Waals surface area contributed by atoms with Gasteiger partial charge in [0.25, 0.3) is 0 Å². The van der Waals surface area contributed by atoms with Crippen LogP contribution in [-0.2, 0) is 0 Å². The monoisotopic (exact) mass is 224 g/mol. The normalized spacial score (nSPS) is 18.0. The summed E-state index contributed by atoms with van der Waals surface area (Å²) in [5.41, 5.74) is -3.04. The van der Waals surface area contributed by atoms with Gasteiger partial charge in [0, 0.05) is 6.42 Å². The summed E-state index contributed by atoms with van der Waals surface area (Å²) in [5.74, 6) is 0. The first-order valence-corrected chi connectivity index (χ1v) is 3.81. The lowest BCUT2D eigenvalue weighted by Crippen LogP contribution is -2.42. The van der Waals surface area contributed by atoms with Crippen molar-refractivity contribution in [2.75, 3.05) is 0 Å². The molecule has 0 aliphatic heterocycles. The standard InChI is InChI=1S/C7H10F6O/c1-5(14,7(11,12)13)3-2-4-6(8,9)10/h14H,2-4H2,1H3. The van der Waals surface area contributed by atoms with Crippen LogP contribution in [0.15, 0.2) is 0 Å². The van der Waals surface area contributed by atoms with Crippen LogP contribution in [0.5, 0.6) is 0 Å². The first-order chi connectivity index (χ1) is 5.96. The van der Waals surface area contributed by atoms with Crippen LogP contribution in [0, 0.1) is 0 Å². The van der Waals surface area contributed by atoms with Crippen molar-refractivity contribution in [1.29, 1.82) is 0 Å². The van der Waals surface area contributed by atoms with E-state index in [1.807, 2.05) is 0 Å². The second kappa shape index (κ2) is 3.96. The fourth-order valence-electron chi connectivity index (χ4n) is 0.775. The maximum absolute atomic E-state index is 11.9.